The smallest absolute Gasteiger partial charge is 0.336 e. The average Bonchev–Trinajstić information content (AvgIpc) is 2.79. The molecule has 1 amide bonds. The van der Waals surface area contributed by atoms with Crippen molar-refractivity contribution in [1.29, 1.82) is 0 Å². The molecule has 0 saturated heterocycles. The third kappa shape index (κ3) is 4.81. The summed E-state index contributed by atoms with van der Waals surface area (Å²) in [7, 11) is 0. The van der Waals surface area contributed by atoms with Crippen LogP contribution in [-0.4, -0.2) is 36.0 Å². The van der Waals surface area contributed by atoms with E-state index in [1.54, 1.807) is 13.8 Å². The molecule has 2 aliphatic rings. The minimum Gasteiger partial charge on any atom is -0.463 e. The quantitative estimate of drug-likeness (QED) is 0.660. The number of ether oxygens (including phenoxy) is 2. The highest BCUT2D eigenvalue weighted by atomic mass is 16.5. The molecule has 0 atom stereocenters. The van der Waals surface area contributed by atoms with Crippen LogP contribution in [0.2, 0.25) is 0 Å². The number of carbonyl (C=O) groups excluding carboxylic acids is 3. The summed E-state index contributed by atoms with van der Waals surface area (Å²) in [6.45, 7) is 3.86. The van der Waals surface area contributed by atoms with Crippen molar-refractivity contribution in [3.63, 3.8) is 0 Å². The monoisotopic (exact) mass is 411 g/mol. The second-order valence-electron chi connectivity index (χ2n) is 7.53. The fraction of sp³-hybridized carbons (Fsp3) is 0.458. The molecule has 30 heavy (non-hydrogen) atoms. The van der Waals surface area contributed by atoms with Crippen LogP contribution in [0.25, 0.3) is 0 Å². The first-order chi connectivity index (χ1) is 14.6. The van der Waals surface area contributed by atoms with E-state index < -0.39 is 17.9 Å². The number of amides is 1. The topological polar surface area (TPSA) is 72.9 Å². The molecule has 0 bridgehead atoms. The first-order valence-electron chi connectivity index (χ1n) is 10.7. The molecule has 0 aromatic heterocycles. The van der Waals surface area contributed by atoms with Gasteiger partial charge in [-0.2, -0.15) is 0 Å². The van der Waals surface area contributed by atoms with Crippen LogP contribution in [-0.2, 0) is 23.9 Å². The minimum absolute atomic E-state index is 0.0928. The Morgan fingerprint density at radius 1 is 0.867 bits per heavy atom. The number of rotatable bonds is 6. The van der Waals surface area contributed by atoms with E-state index >= 15 is 0 Å². The second kappa shape index (κ2) is 10.2. The number of benzene rings is 1. The van der Waals surface area contributed by atoms with Gasteiger partial charge in [-0.25, -0.2) is 9.59 Å². The summed E-state index contributed by atoms with van der Waals surface area (Å²) in [6.07, 6.45) is 7.88. The second-order valence-corrected chi connectivity index (χ2v) is 7.53. The zero-order valence-electron chi connectivity index (χ0n) is 17.6. The molecule has 0 unspecified atom stereocenters. The van der Waals surface area contributed by atoms with Crippen molar-refractivity contribution < 1.29 is 23.9 Å². The predicted octanol–water partition coefficient (Wildman–Crippen LogP) is 4.09. The predicted molar refractivity (Wildman–Crippen MR) is 112 cm³/mol. The lowest BCUT2D eigenvalue weighted by Gasteiger charge is -2.32. The summed E-state index contributed by atoms with van der Waals surface area (Å²) in [5.74, 6) is -1.93. The molecule has 0 spiro atoms. The van der Waals surface area contributed by atoms with Crippen LogP contribution in [0.4, 0.5) is 0 Å². The molecule has 1 aliphatic carbocycles. The fourth-order valence-electron chi connectivity index (χ4n) is 4.12. The van der Waals surface area contributed by atoms with Gasteiger partial charge in [0, 0.05) is 18.3 Å². The molecular weight excluding hydrogens is 382 g/mol. The molecule has 1 aliphatic heterocycles. The summed E-state index contributed by atoms with van der Waals surface area (Å²) in [6, 6.07) is 9.26. The van der Waals surface area contributed by atoms with Crippen molar-refractivity contribution in [3.8, 4) is 0 Å². The molecule has 6 nitrogen and oxygen atoms in total. The van der Waals surface area contributed by atoms with Crippen molar-refractivity contribution in [1.82, 2.24) is 4.90 Å². The zero-order chi connectivity index (χ0) is 21.5. The Hall–Kier alpha value is -2.89. The highest BCUT2D eigenvalue weighted by molar-refractivity contribution is 6.00. The van der Waals surface area contributed by atoms with Gasteiger partial charge in [0.15, 0.2) is 0 Å². The molecule has 0 N–H and O–H groups in total. The van der Waals surface area contributed by atoms with Crippen LogP contribution >= 0.6 is 0 Å². The zero-order valence-corrected chi connectivity index (χ0v) is 17.6. The van der Waals surface area contributed by atoms with Gasteiger partial charge in [-0.15, -0.1) is 0 Å². The number of esters is 2. The average molecular weight is 411 g/mol. The molecule has 0 radical (unpaired) electrons. The van der Waals surface area contributed by atoms with E-state index in [0.29, 0.717) is 0 Å². The Morgan fingerprint density at radius 2 is 1.40 bits per heavy atom. The van der Waals surface area contributed by atoms with Gasteiger partial charge >= 0.3 is 11.9 Å². The minimum atomic E-state index is -0.653. The van der Waals surface area contributed by atoms with Gasteiger partial charge in [0.05, 0.1) is 30.3 Å². The Labute approximate surface area is 177 Å². The molecule has 1 aromatic rings. The molecular formula is C24H29NO5. The summed E-state index contributed by atoms with van der Waals surface area (Å²) in [4.78, 5) is 40.3. The lowest BCUT2D eigenvalue weighted by atomic mass is 9.82. The summed E-state index contributed by atoms with van der Waals surface area (Å²) in [5.41, 5.74) is 1.29. The van der Waals surface area contributed by atoms with E-state index in [2.05, 4.69) is 0 Å². The summed E-state index contributed by atoms with van der Waals surface area (Å²) >= 11 is 0. The summed E-state index contributed by atoms with van der Waals surface area (Å²) in [5, 5.41) is 0. The third-order valence-electron chi connectivity index (χ3n) is 5.54. The first kappa shape index (κ1) is 21.8. The van der Waals surface area contributed by atoms with Crippen LogP contribution < -0.4 is 0 Å². The van der Waals surface area contributed by atoms with Gasteiger partial charge in [-0.05, 0) is 32.3 Å². The lowest BCUT2D eigenvalue weighted by Crippen LogP contribution is -2.35. The Kier molecular flexibility index (Phi) is 7.44. The Morgan fingerprint density at radius 3 is 1.90 bits per heavy atom. The first-order valence-corrected chi connectivity index (χ1v) is 10.7. The highest BCUT2D eigenvalue weighted by Crippen LogP contribution is 2.38. The Balaban J connectivity index is 2.05. The SMILES string of the molecule is CCOC(=O)C1=CN(C(=O)C2CCCCC2)C=C(C(=O)OCC)C1c1ccccc1. The van der Waals surface area contributed by atoms with Gasteiger partial charge in [-0.3, -0.25) is 9.69 Å². The van der Waals surface area contributed by atoms with E-state index in [4.69, 9.17) is 9.47 Å². The van der Waals surface area contributed by atoms with Crippen LogP contribution in [0.5, 0.6) is 0 Å². The number of carbonyl (C=O) groups is 3. The molecule has 6 heteroatoms. The van der Waals surface area contributed by atoms with Gasteiger partial charge in [0.2, 0.25) is 5.91 Å². The van der Waals surface area contributed by atoms with Crippen LogP contribution in [0.1, 0.15) is 57.4 Å². The maximum absolute atomic E-state index is 13.2. The van der Waals surface area contributed by atoms with Crippen LogP contribution in [0.3, 0.4) is 0 Å². The molecule has 160 valence electrons. The number of hydrogen-bond donors (Lipinski definition) is 0. The van der Waals surface area contributed by atoms with E-state index in [0.717, 1.165) is 37.7 Å². The third-order valence-corrected chi connectivity index (χ3v) is 5.54. The van der Waals surface area contributed by atoms with Crippen LogP contribution in [0.15, 0.2) is 53.9 Å². The van der Waals surface area contributed by atoms with Crippen molar-refractivity contribution >= 4 is 17.8 Å². The standard InChI is InChI=1S/C24H29NO5/c1-3-29-23(27)19-15-25(22(26)18-13-9-6-10-14-18)16-20(24(28)30-4-2)21(19)17-11-7-5-8-12-17/h5,7-8,11-12,15-16,18,21H,3-4,6,9-10,13-14H2,1-2H3. The van der Waals surface area contributed by atoms with E-state index in [-0.39, 0.29) is 36.2 Å². The normalized spacial score (nSPS) is 17.7. The van der Waals surface area contributed by atoms with Crippen molar-refractivity contribution in [2.45, 2.75) is 51.9 Å². The van der Waals surface area contributed by atoms with Crippen molar-refractivity contribution in [2.24, 2.45) is 5.92 Å². The van der Waals surface area contributed by atoms with Crippen LogP contribution in [0, 0.1) is 5.92 Å². The van der Waals surface area contributed by atoms with Crippen molar-refractivity contribution in [3.05, 3.63) is 59.4 Å². The molecule has 1 saturated carbocycles. The van der Waals surface area contributed by atoms with Gasteiger partial charge in [-0.1, -0.05) is 49.6 Å². The summed E-state index contributed by atoms with van der Waals surface area (Å²) < 4.78 is 10.5. The molecule has 1 fully saturated rings. The largest absolute Gasteiger partial charge is 0.463 e. The Bertz CT molecular complexity index is 800. The maximum Gasteiger partial charge on any atom is 0.336 e. The van der Waals surface area contributed by atoms with Crippen molar-refractivity contribution in [2.75, 3.05) is 13.2 Å². The van der Waals surface area contributed by atoms with Gasteiger partial charge in [0.1, 0.15) is 0 Å². The number of nitrogens with zero attached hydrogens (tertiary/aromatic N) is 1. The van der Waals surface area contributed by atoms with Gasteiger partial charge < -0.3 is 9.47 Å². The molecule has 1 heterocycles. The lowest BCUT2D eigenvalue weighted by molar-refractivity contribution is -0.139. The van der Waals surface area contributed by atoms with Gasteiger partial charge in [0.25, 0.3) is 0 Å². The maximum atomic E-state index is 13.2. The number of hydrogen-bond acceptors (Lipinski definition) is 5. The van der Waals surface area contributed by atoms with E-state index in [9.17, 15) is 14.4 Å². The highest BCUT2D eigenvalue weighted by Gasteiger charge is 2.37. The fourth-order valence-corrected chi connectivity index (χ4v) is 4.12. The molecule has 1 aromatic carbocycles. The van der Waals surface area contributed by atoms with E-state index in [1.807, 2.05) is 30.3 Å². The molecule has 3 rings (SSSR count). The van der Waals surface area contributed by atoms with E-state index in [1.165, 1.54) is 17.3 Å².